The van der Waals surface area contributed by atoms with E-state index in [-0.39, 0.29) is 61.3 Å². The fourth-order valence-electron chi connectivity index (χ4n) is 0.144. The van der Waals surface area contributed by atoms with Crippen LogP contribution >= 0.6 is 11.8 Å². The van der Waals surface area contributed by atoms with E-state index in [1.807, 2.05) is 11.8 Å². The third-order valence-corrected chi connectivity index (χ3v) is 1.73. The van der Waals surface area contributed by atoms with E-state index in [0.717, 1.165) is 0 Å². The monoisotopic (exact) mass is 915 g/mol. The molecule has 0 atom stereocenters. The standard InChI is InChI=1S/C3H6S.10CO.3Re/c1-2-4-3-1;10*1-2;;;/h1-3H2;;;;;;;;;;;;;. The number of hydrogen-bond donors (Lipinski definition) is 0. The minimum absolute atomic E-state index is 0. The van der Waals surface area contributed by atoms with E-state index >= 15 is 0 Å². The molecule has 1 aliphatic rings. The molecular weight excluding hydrogens is 907 g/mol. The third kappa shape index (κ3) is 1040. The summed E-state index contributed by atoms with van der Waals surface area (Å²) in [6, 6.07) is 0. The van der Waals surface area contributed by atoms with Crippen LogP contribution in [0.5, 0.6) is 0 Å². The summed E-state index contributed by atoms with van der Waals surface area (Å²) in [5.41, 5.74) is 0. The molecule has 3 radical (unpaired) electrons. The van der Waals surface area contributed by atoms with Gasteiger partial charge in [0.1, 0.15) is 0 Å². The predicted octanol–water partition coefficient (Wildman–Crippen LogP) is 0.741. The van der Waals surface area contributed by atoms with Crippen LogP contribution in [0.25, 0.3) is 0 Å². The van der Waals surface area contributed by atoms with Gasteiger partial charge in [-0.15, -0.1) is 0 Å². The molecule has 10 nitrogen and oxygen atoms in total. The molecule has 0 aliphatic carbocycles. The first-order valence-corrected chi connectivity index (χ1v) is 4.77. The van der Waals surface area contributed by atoms with E-state index in [1.165, 1.54) is 17.9 Å². The Labute approximate surface area is 202 Å². The average molecular weight is 913 g/mol. The zero-order valence-corrected chi connectivity index (χ0v) is 21.7. The van der Waals surface area contributed by atoms with E-state index in [9.17, 15) is 0 Å². The van der Waals surface area contributed by atoms with Crippen molar-refractivity contribution in [2.24, 2.45) is 0 Å². The molecule has 0 aromatic rings. The summed E-state index contributed by atoms with van der Waals surface area (Å²) in [5, 5.41) is 0. The van der Waals surface area contributed by atoms with Gasteiger partial charge in [0.2, 0.25) is 0 Å². The van der Waals surface area contributed by atoms with E-state index in [0.29, 0.717) is 0 Å². The van der Waals surface area contributed by atoms with Gasteiger partial charge in [-0.25, -0.2) is 0 Å². The Bertz CT molecular complexity index is 233. The molecule has 27 heavy (non-hydrogen) atoms. The van der Waals surface area contributed by atoms with Gasteiger partial charge in [-0.2, -0.15) is 11.8 Å². The summed E-state index contributed by atoms with van der Waals surface area (Å²) in [4.78, 5) is 0. The molecule has 0 bridgehead atoms. The molecule has 1 aliphatic heterocycles. The largest absolute Gasteiger partial charge is 0 e. The SMILES string of the molecule is C1CSC1.[C-]#[O+].[C-]#[O+].[C-]#[O+].[C-]#[O+].[C-]#[O+].[C-]#[O+].[C-]#[O+].[C-]#[O+].[C-]#[O+].[C-]#[O+].[Re].[Re].[Re]. The Morgan fingerprint density at radius 2 is 0.370 bits per heavy atom. The first kappa shape index (κ1) is 93.9. The van der Waals surface area contributed by atoms with Crippen LogP contribution in [0.4, 0.5) is 0 Å². The van der Waals surface area contributed by atoms with Gasteiger partial charge in [-0.05, 0) is 17.9 Å². The van der Waals surface area contributed by atoms with Crippen molar-refractivity contribution >= 4 is 11.8 Å². The maximum Gasteiger partial charge on any atom is 0 e. The summed E-state index contributed by atoms with van der Waals surface area (Å²) in [6.07, 6.45) is 1.46. The van der Waals surface area contributed by atoms with E-state index in [4.69, 9.17) is 46.5 Å². The molecule has 1 saturated heterocycles. The van der Waals surface area contributed by atoms with Crippen molar-refractivity contribution in [2.75, 3.05) is 11.5 Å². The Balaban J connectivity index is -0.00000000730. The summed E-state index contributed by atoms with van der Waals surface area (Å²) in [5.74, 6) is 2.83. The molecule has 0 spiro atoms. The molecule has 1 fully saturated rings. The van der Waals surface area contributed by atoms with Crippen LogP contribution in [0.1, 0.15) is 6.42 Å². The molecular formula is C13H6O10Re3S. The van der Waals surface area contributed by atoms with Crippen molar-refractivity contribution in [2.45, 2.75) is 6.42 Å². The van der Waals surface area contributed by atoms with Gasteiger partial charge in [-0.3, -0.25) is 0 Å². The minimum Gasteiger partial charge on any atom is 0 e. The Kier molecular flexibility index (Phi) is 3920. The molecule has 1 rings (SSSR count). The van der Waals surface area contributed by atoms with E-state index < -0.39 is 0 Å². The second-order valence-electron chi connectivity index (χ2n) is 0.966. The molecule has 0 N–H and O–H groups in total. The number of hydrogen-bond acceptors (Lipinski definition) is 1. The summed E-state index contributed by atoms with van der Waals surface area (Å²) >= 11 is 2.04. The molecule has 0 unspecified atom stereocenters. The molecule has 145 valence electrons. The quantitative estimate of drug-likeness (QED) is 0.251. The van der Waals surface area contributed by atoms with Gasteiger partial charge in [0.05, 0.1) is 0 Å². The number of rotatable bonds is 0. The minimum atomic E-state index is 0. The summed E-state index contributed by atoms with van der Waals surface area (Å²) in [6.45, 7) is 45.0. The first-order chi connectivity index (χ1) is 12.0. The number of thioether (sulfide) groups is 1. The molecule has 0 aromatic carbocycles. The van der Waals surface area contributed by atoms with Gasteiger partial charge < -0.3 is 0 Å². The predicted molar refractivity (Wildman–Crippen MR) is 61.2 cm³/mol. The van der Waals surface area contributed by atoms with E-state index in [2.05, 4.69) is 66.5 Å². The molecule has 0 amide bonds. The Morgan fingerprint density at radius 3 is 0.370 bits per heavy atom. The summed E-state index contributed by atoms with van der Waals surface area (Å²) < 4.78 is 75.0. The first-order valence-electron chi connectivity index (χ1n) is 3.62. The maximum atomic E-state index is 7.50. The van der Waals surface area contributed by atoms with E-state index in [1.54, 1.807) is 0 Å². The van der Waals surface area contributed by atoms with Crippen molar-refractivity contribution in [1.82, 2.24) is 0 Å². The van der Waals surface area contributed by atoms with Crippen molar-refractivity contribution in [1.29, 1.82) is 0 Å². The van der Waals surface area contributed by atoms with Gasteiger partial charge in [0, 0.05) is 61.3 Å². The van der Waals surface area contributed by atoms with Gasteiger partial charge in [0.25, 0.3) is 0 Å². The zero-order chi connectivity index (χ0) is 22.8. The smallest absolute Gasteiger partial charge is 0 e. The van der Waals surface area contributed by atoms with Crippen LogP contribution < -0.4 is 0 Å². The van der Waals surface area contributed by atoms with Crippen LogP contribution in [0.3, 0.4) is 0 Å². The molecule has 1 heterocycles. The van der Waals surface area contributed by atoms with Crippen LogP contribution in [-0.4, -0.2) is 11.5 Å². The van der Waals surface area contributed by atoms with Gasteiger partial charge in [-0.1, -0.05) is 0 Å². The van der Waals surface area contributed by atoms with Crippen LogP contribution in [0, 0.1) is 66.5 Å². The second kappa shape index (κ2) is 1130. The van der Waals surface area contributed by atoms with Gasteiger partial charge >= 0.3 is 113 Å². The van der Waals surface area contributed by atoms with Crippen molar-refractivity contribution < 1.29 is 108 Å². The average Bonchev–Trinajstić information content (AvgIpc) is 2.75. The Morgan fingerprint density at radius 1 is 0.333 bits per heavy atom. The zero-order valence-electron chi connectivity index (χ0n) is 12.7. The van der Waals surface area contributed by atoms with Crippen LogP contribution in [0.15, 0.2) is 0 Å². The molecule has 14 heteroatoms. The molecule has 0 saturated carbocycles. The topological polar surface area (TPSA) is 199 Å². The van der Waals surface area contributed by atoms with Crippen LogP contribution in [0.2, 0.25) is 0 Å². The normalized spacial score (nSPS) is 4.30. The molecule has 0 aromatic heterocycles. The summed E-state index contributed by atoms with van der Waals surface area (Å²) in [7, 11) is 0. The maximum absolute atomic E-state index is 7.50. The fourth-order valence-corrected chi connectivity index (χ4v) is 0.433. The fraction of sp³-hybridized carbons (Fsp3) is 0.231. The van der Waals surface area contributed by atoms with Crippen molar-refractivity contribution in [3.05, 3.63) is 66.5 Å². The Hall–Kier alpha value is -0.263. The third-order valence-electron chi connectivity index (χ3n) is 0.577. The van der Waals surface area contributed by atoms with Crippen molar-refractivity contribution in [3.8, 4) is 0 Å². The van der Waals surface area contributed by atoms with Crippen molar-refractivity contribution in [3.63, 3.8) is 0 Å². The van der Waals surface area contributed by atoms with Gasteiger partial charge in [0.15, 0.2) is 0 Å². The van der Waals surface area contributed by atoms with Crippen LogP contribution in [-0.2, 0) is 108 Å². The second-order valence-corrected chi connectivity index (χ2v) is 2.19.